The van der Waals surface area contributed by atoms with E-state index >= 15 is 0 Å². The maximum absolute atomic E-state index is 5.53. The first-order valence-corrected chi connectivity index (χ1v) is 7.05. The molecule has 92 valence electrons. The average Bonchev–Trinajstić information content (AvgIpc) is 2.87. The summed E-state index contributed by atoms with van der Waals surface area (Å²) in [6.07, 6.45) is 5.83. The van der Waals surface area contributed by atoms with E-state index in [0.29, 0.717) is 13.2 Å². The Hall–Kier alpha value is -0.930. The Morgan fingerprint density at radius 3 is 3.12 bits per heavy atom. The normalized spacial score (nSPS) is 18.5. The van der Waals surface area contributed by atoms with Gasteiger partial charge in [-0.1, -0.05) is 18.2 Å². The number of aryl methyl sites for hydroxylation is 1. The average molecular weight is 249 g/mol. The summed E-state index contributed by atoms with van der Waals surface area (Å²) in [5, 5.41) is 2.98. The molecule has 1 aromatic rings. The maximum Gasteiger partial charge on any atom is 0.119 e. The molecule has 0 fully saturated rings. The monoisotopic (exact) mass is 249 g/mol. The van der Waals surface area contributed by atoms with Crippen LogP contribution in [0.1, 0.15) is 18.4 Å². The standard InChI is InChI=1S/C14H19NOS/c15-8-9-16-13-4-1-3-12(11-13)6-7-14-5-2-10-17-14/h1-4,10-11,14H,5-9,15H2. The van der Waals surface area contributed by atoms with E-state index in [1.807, 2.05) is 17.8 Å². The van der Waals surface area contributed by atoms with Crippen molar-refractivity contribution in [1.29, 1.82) is 0 Å². The van der Waals surface area contributed by atoms with Crippen LogP contribution in [0.5, 0.6) is 5.75 Å². The van der Waals surface area contributed by atoms with Crippen LogP contribution in [-0.4, -0.2) is 18.4 Å². The van der Waals surface area contributed by atoms with Crippen LogP contribution in [0.25, 0.3) is 0 Å². The van der Waals surface area contributed by atoms with E-state index in [1.54, 1.807) is 0 Å². The largest absolute Gasteiger partial charge is 0.492 e. The van der Waals surface area contributed by atoms with Gasteiger partial charge in [0.1, 0.15) is 12.4 Å². The molecule has 0 amide bonds. The van der Waals surface area contributed by atoms with E-state index in [-0.39, 0.29) is 0 Å². The molecular formula is C14H19NOS. The van der Waals surface area contributed by atoms with E-state index in [4.69, 9.17) is 10.5 Å². The van der Waals surface area contributed by atoms with Crippen LogP contribution < -0.4 is 10.5 Å². The molecule has 17 heavy (non-hydrogen) atoms. The summed E-state index contributed by atoms with van der Waals surface area (Å²) in [6.45, 7) is 1.15. The van der Waals surface area contributed by atoms with Gasteiger partial charge in [-0.2, -0.15) is 0 Å². The van der Waals surface area contributed by atoms with Gasteiger partial charge in [-0.25, -0.2) is 0 Å². The van der Waals surface area contributed by atoms with Crippen molar-refractivity contribution in [3.63, 3.8) is 0 Å². The number of allylic oxidation sites excluding steroid dienone is 1. The number of hydrogen-bond donors (Lipinski definition) is 1. The fourth-order valence-electron chi connectivity index (χ4n) is 1.91. The number of benzene rings is 1. The second-order valence-electron chi connectivity index (χ2n) is 4.19. The summed E-state index contributed by atoms with van der Waals surface area (Å²) in [4.78, 5) is 0. The highest BCUT2D eigenvalue weighted by Gasteiger charge is 2.10. The Morgan fingerprint density at radius 1 is 1.41 bits per heavy atom. The van der Waals surface area contributed by atoms with Crippen LogP contribution in [-0.2, 0) is 6.42 Å². The van der Waals surface area contributed by atoms with Crippen molar-refractivity contribution in [2.24, 2.45) is 5.73 Å². The molecule has 2 rings (SSSR count). The highest BCUT2D eigenvalue weighted by atomic mass is 32.2. The van der Waals surface area contributed by atoms with E-state index in [9.17, 15) is 0 Å². The summed E-state index contributed by atoms with van der Waals surface area (Å²) < 4.78 is 5.53. The highest BCUT2D eigenvalue weighted by molar-refractivity contribution is 8.03. The minimum atomic E-state index is 0.564. The van der Waals surface area contributed by atoms with E-state index in [2.05, 4.69) is 29.7 Å². The minimum Gasteiger partial charge on any atom is -0.492 e. The van der Waals surface area contributed by atoms with Crippen molar-refractivity contribution < 1.29 is 4.74 Å². The first-order chi connectivity index (χ1) is 8.38. The smallest absolute Gasteiger partial charge is 0.119 e. The molecule has 0 saturated carbocycles. The molecule has 1 heterocycles. The van der Waals surface area contributed by atoms with Gasteiger partial charge < -0.3 is 10.5 Å². The first kappa shape index (κ1) is 12.5. The van der Waals surface area contributed by atoms with Crippen LogP contribution >= 0.6 is 11.8 Å². The van der Waals surface area contributed by atoms with Crippen LogP contribution in [0.3, 0.4) is 0 Å². The van der Waals surface area contributed by atoms with Crippen LogP contribution in [0.4, 0.5) is 0 Å². The van der Waals surface area contributed by atoms with Gasteiger partial charge in [0.05, 0.1) is 0 Å². The molecule has 1 unspecified atom stereocenters. The maximum atomic E-state index is 5.53. The van der Waals surface area contributed by atoms with Gasteiger partial charge in [0.2, 0.25) is 0 Å². The lowest BCUT2D eigenvalue weighted by molar-refractivity contribution is 0.328. The second-order valence-corrected chi connectivity index (χ2v) is 5.40. The molecule has 0 bridgehead atoms. The third-order valence-corrected chi connectivity index (χ3v) is 3.97. The van der Waals surface area contributed by atoms with E-state index in [0.717, 1.165) is 17.4 Å². The van der Waals surface area contributed by atoms with Gasteiger partial charge in [-0.05, 0) is 42.4 Å². The molecule has 1 atom stereocenters. The molecule has 3 heteroatoms. The summed E-state index contributed by atoms with van der Waals surface area (Å²) in [5.41, 5.74) is 6.77. The molecular weight excluding hydrogens is 230 g/mol. The van der Waals surface area contributed by atoms with Gasteiger partial charge >= 0.3 is 0 Å². The van der Waals surface area contributed by atoms with E-state index < -0.39 is 0 Å². The zero-order valence-electron chi connectivity index (χ0n) is 9.97. The molecule has 2 nitrogen and oxygen atoms in total. The number of hydrogen-bond acceptors (Lipinski definition) is 3. The lowest BCUT2D eigenvalue weighted by atomic mass is 10.1. The minimum absolute atomic E-state index is 0.564. The lowest BCUT2D eigenvalue weighted by Crippen LogP contribution is -2.10. The third kappa shape index (κ3) is 4.10. The summed E-state index contributed by atoms with van der Waals surface area (Å²) in [6, 6.07) is 8.34. The van der Waals surface area contributed by atoms with Gasteiger partial charge in [-0.3, -0.25) is 0 Å². The quantitative estimate of drug-likeness (QED) is 0.842. The molecule has 1 aliphatic rings. The number of ether oxygens (including phenoxy) is 1. The van der Waals surface area contributed by atoms with E-state index in [1.165, 1.54) is 18.4 Å². The van der Waals surface area contributed by atoms with Crippen LogP contribution in [0.15, 0.2) is 35.7 Å². The number of nitrogens with two attached hydrogens (primary N) is 1. The van der Waals surface area contributed by atoms with Crippen LogP contribution in [0.2, 0.25) is 0 Å². The Balaban J connectivity index is 1.82. The number of thioether (sulfide) groups is 1. The molecule has 0 aromatic heterocycles. The van der Waals surface area contributed by atoms with Gasteiger partial charge in [0.25, 0.3) is 0 Å². The van der Waals surface area contributed by atoms with Crippen molar-refractivity contribution in [2.45, 2.75) is 24.5 Å². The van der Waals surface area contributed by atoms with Gasteiger partial charge in [0.15, 0.2) is 0 Å². The predicted molar refractivity (Wildman–Crippen MR) is 74.4 cm³/mol. The molecule has 0 aliphatic carbocycles. The van der Waals surface area contributed by atoms with Crippen LogP contribution in [0, 0.1) is 0 Å². The van der Waals surface area contributed by atoms with Crippen molar-refractivity contribution in [3.05, 3.63) is 41.3 Å². The fourth-order valence-corrected chi connectivity index (χ4v) is 2.83. The summed E-state index contributed by atoms with van der Waals surface area (Å²) in [5.74, 6) is 0.935. The Morgan fingerprint density at radius 2 is 2.35 bits per heavy atom. The van der Waals surface area contributed by atoms with Crippen molar-refractivity contribution in [1.82, 2.24) is 0 Å². The van der Waals surface area contributed by atoms with Crippen molar-refractivity contribution >= 4 is 11.8 Å². The first-order valence-electron chi connectivity index (χ1n) is 6.11. The lowest BCUT2D eigenvalue weighted by Gasteiger charge is -2.10. The Labute approximate surface area is 107 Å². The Bertz CT molecular complexity index is 370. The Kier molecular flexibility index (Phi) is 4.95. The third-order valence-electron chi connectivity index (χ3n) is 2.81. The van der Waals surface area contributed by atoms with Crippen molar-refractivity contribution in [3.8, 4) is 5.75 Å². The highest BCUT2D eigenvalue weighted by Crippen LogP contribution is 2.28. The van der Waals surface area contributed by atoms with Gasteiger partial charge in [0, 0.05) is 11.8 Å². The molecule has 0 saturated heterocycles. The van der Waals surface area contributed by atoms with Crippen molar-refractivity contribution in [2.75, 3.05) is 13.2 Å². The summed E-state index contributed by atoms with van der Waals surface area (Å²) in [7, 11) is 0. The predicted octanol–water partition coefficient (Wildman–Crippen LogP) is 2.98. The zero-order chi connectivity index (χ0) is 11.9. The molecule has 0 radical (unpaired) electrons. The molecule has 1 aromatic carbocycles. The topological polar surface area (TPSA) is 35.2 Å². The molecule has 0 spiro atoms. The second kappa shape index (κ2) is 6.72. The SMILES string of the molecule is NCCOc1cccc(CCC2CC=CS2)c1. The fraction of sp³-hybridized carbons (Fsp3) is 0.429. The zero-order valence-corrected chi connectivity index (χ0v) is 10.8. The number of rotatable bonds is 6. The van der Waals surface area contributed by atoms with Gasteiger partial charge in [-0.15, -0.1) is 11.8 Å². The summed E-state index contributed by atoms with van der Waals surface area (Å²) >= 11 is 1.95. The molecule has 1 aliphatic heterocycles. The molecule has 2 N–H and O–H groups in total.